The molecule has 0 bridgehead atoms. The Hall–Kier alpha value is -4.52. The lowest BCUT2D eigenvalue weighted by atomic mass is 9.80. The Morgan fingerprint density at radius 2 is 1.74 bits per heavy atom. The first kappa shape index (κ1) is 36.8. The van der Waals surface area contributed by atoms with Gasteiger partial charge >= 0.3 is 5.97 Å². The van der Waals surface area contributed by atoms with Crippen LogP contribution in [-0.2, 0) is 42.7 Å². The number of carbonyl (C=O) groups is 3. The number of likely N-dealkylation sites (N-methyl/N-ethyl adjacent to an activating group) is 1. The van der Waals surface area contributed by atoms with Crippen LogP contribution in [-0.4, -0.2) is 85.4 Å². The minimum atomic E-state index is -0.661. The molecule has 4 heterocycles. The molecule has 0 saturated heterocycles. The van der Waals surface area contributed by atoms with Gasteiger partial charge in [-0.15, -0.1) is 0 Å². The normalized spacial score (nSPS) is 18.6. The zero-order valence-electron chi connectivity index (χ0n) is 31.0. The summed E-state index contributed by atoms with van der Waals surface area (Å²) in [5.74, 6) is 0.964. The van der Waals surface area contributed by atoms with Gasteiger partial charge in [0, 0.05) is 43.5 Å². The summed E-state index contributed by atoms with van der Waals surface area (Å²) in [4.78, 5) is 53.4. The zero-order valence-corrected chi connectivity index (χ0v) is 31.7. The summed E-state index contributed by atoms with van der Waals surface area (Å²) in [5.41, 5.74) is 6.63. The van der Waals surface area contributed by atoms with Crippen molar-refractivity contribution in [3.8, 4) is 22.6 Å². The quantitative estimate of drug-likeness (QED) is 0.179. The summed E-state index contributed by atoms with van der Waals surface area (Å²) >= 11 is 7.06. The van der Waals surface area contributed by atoms with Crippen molar-refractivity contribution < 1.29 is 23.9 Å². The van der Waals surface area contributed by atoms with Gasteiger partial charge < -0.3 is 24.3 Å². The molecule has 53 heavy (non-hydrogen) atoms. The molecule has 7 rings (SSSR count). The van der Waals surface area contributed by atoms with Crippen molar-refractivity contribution in [3.63, 3.8) is 0 Å². The van der Waals surface area contributed by atoms with Gasteiger partial charge in [-0.25, -0.2) is 9.97 Å². The third-order valence-electron chi connectivity index (χ3n) is 11.4. The molecule has 0 radical (unpaired) electrons. The number of hydrogen-bond donors (Lipinski definition) is 2. The molecule has 13 heteroatoms. The summed E-state index contributed by atoms with van der Waals surface area (Å²) in [7, 11) is 3.83. The predicted octanol–water partition coefficient (Wildman–Crippen LogP) is 6.39. The standard InChI is InChI=1S/C40H48ClN7O5/c1-5-45(3)23-35(49)48-21-32-34(22-48)53-39(44-32)29-10-6-9-28(36(29)41)27-8-7-11-30(24(27)2)43-38(50)37-42-31-20-47(19-17-33(31)46(37)4)18-16-25-12-14-26(15-13-25)40(51)52/h6-11,25-26H,5,12-23H2,1-4H3,(H,43,50)(H,51,52). The lowest BCUT2D eigenvalue weighted by Crippen LogP contribution is -2.35. The molecule has 0 unspecified atom stereocenters. The predicted molar refractivity (Wildman–Crippen MR) is 202 cm³/mol. The maximum Gasteiger partial charge on any atom is 0.306 e. The lowest BCUT2D eigenvalue weighted by molar-refractivity contribution is -0.143. The highest BCUT2D eigenvalue weighted by atomic mass is 35.5. The van der Waals surface area contributed by atoms with Crippen LogP contribution < -0.4 is 5.32 Å². The molecule has 4 aromatic rings. The van der Waals surface area contributed by atoms with Crippen LogP contribution in [0.2, 0.25) is 5.02 Å². The summed E-state index contributed by atoms with van der Waals surface area (Å²) < 4.78 is 8.08. The SMILES string of the molecule is CCN(C)CC(=O)N1Cc2nc(-c3cccc(-c4cccc(NC(=O)c5nc6c(n5C)CCN(CCC5CCC(C(=O)O)CC5)C6)c4C)c3Cl)oc2C1. The van der Waals surface area contributed by atoms with Crippen LogP contribution in [0.15, 0.2) is 40.8 Å². The number of imidazole rings is 1. The van der Waals surface area contributed by atoms with Crippen molar-refractivity contribution in [3.05, 3.63) is 75.7 Å². The van der Waals surface area contributed by atoms with Gasteiger partial charge in [0.15, 0.2) is 5.82 Å². The van der Waals surface area contributed by atoms with Gasteiger partial charge in [-0.05, 0) is 88.3 Å². The number of nitrogens with zero attached hydrogens (tertiary/aromatic N) is 6. The van der Waals surface area contributed by atoms with E-state index in [1.807, 2.05) is 73.8 Å². The van der Waals surface area contributed by atoms with Gasteiger partial charge in [0.25, 0.3) is 5.91 Å². The van der Waals surface area contributed by atoms with E-state index in [2.05, 4.69) is 10.2 Å². The Morgan fingerprint density at radius 1 is 1.00 bits per heavy atom. The number of amides is 2. The minimum Gasteiger partial charge on any atom is -0.481 e. The van der Waals surface area contributed by atoms with Crippen LogP contribution in [0, 0.1) is 18.8 Å². The first-order valence-electron chi connectivity index (χ1n) is 18.6. The average Bonchev–Trinajstić information content (AvgIpc) is 3.84. The van der Waals surface area contributed by atoms with E-state index < -0.39 is 5.97 Å². The number of aromatic nitrogens is 3. The Labute approximate surface area is 315 Å². The molecule has 0 atom stereocenters. The highest BCUT2D eigenvalue weighted by molar-refractivity contribution is 6.36. The van der Waals surface area contributed by atoms with Crippen LogP contribution in [0.5, 0.6) is 0 Å². The van der Waals surface area contributed by atoms with Gasteiger partial charge in [0.05, 0.1) is 41.8 Å². The highest BCUT2D eigenvalue weighted by Crippen LogP contribution is 2.40. The molecule has 1 fully saturated rings. The Bertz CT molecular complexity index is 2010. The maximum atomic E-state index is 13.7. The van der Waals surface area contributed by atoms with E-state index in [9.17, 15) is 19.5 Å². The first-order chi connectivity index (χ1) is 25.5. The molecule has 2 N–H and O–H groups in total. The molecule has 2 amide bonds. The van der Waals surface area contributed by atoms with Crippen molar-refractivity contribution in [2.75, 3.05) is 38.5 Å². The van der Waals surface area contributed by atoms with Crippen LogP contribution in [0.1, 0.15) is 78.1 Å². The lowest BCUT2D eigenvalue weighted by Gasteiger charge is -2.30. The first-order valence-corrected chi connectivity index (χ1v) is 19.0. The molecule has 2 aromatic heterocycles. The molecular weight excluding hydrogens is 694 g/mol. The zero-order chi connectivity index (χ0) is 37.4. The Kier molecular flexibility index (Phi) is 10.7. The van der Waals surface area contributed by atoms with Crippen molar-refractivity contribution in [1.82, 2.24) is 29.2 Å². The second-order valence-electron chi connectivity index (χ2n) is 14.8. The molecular formula is C40H48ClN7O5. The van der Waals surface area contributed by atoms with Crippen LogP contribution in [0.3, 0.4) is 0 Å². The number of halogens is 1. The number of benzene rings is 2. The molecule has 12 nitrogen and oxygen atoms in total. The van der Waals surface area contributed by atoms with E-state index >= 15 is 0 Å². The van der Waals surface area contributed by atoms with Gasteiger partial charge in [-0.2, -0.15) is 0 Å². The van der Waals surface area contributed by atoms with E-state index in [1.165, 1.54) is 0 Å². The number of fused-ring (bicyclic) bond motifs is 2. The third kappa shape index (κ3) is 7.63. The summed E-state index contributed by atoms with van der Waals surface area (Å²) in [6.45, 7) is 8.47. The molecule has 2 aliphatic heterocycles. The number of carboxylic acid groups (broad SMARTS) is 1. The molecule has 1 saturated carbocycles. The smallest absolute Gasteiger partial charge is 0.306 e. The third-order valence-corrected chi connectivity index (χ3v) is 11.8. The molecule has 1 aliphatic carbocycles. The number of anilines is 1. The van der Waals surface area contributed by atoms with E-state index in [1.54, 1.807) is 4.90 Å². The number of aliphatic carboxylic acids is 1. The Morgan fingerprint density at radius 3 is 2.47 bits per heavy atom. The van der Waals surface area contributed by atoms with Crippen molar-refractivity contribution in [2.24, 2.45) is 18.9 Å². The minimum absolute atomic E-state index is 0.0433. The van der Waals surface area contributed by atoms with Crippen molar-refractivity contribution >= 4 is 35.1 Å². The van der Waals surface area contributed by atoms with Gasteiger partial charge in [-0.1, -0.05) is 42.8 Å². The second kappa shape index (κ2) is 15.5. The topological polar surface area (TPSA) is 137 Å². The number of carboxylic acids is 1. The van der Waals surface area contributed by atoms with Crippen LogP contribution in [0.25, 0.3) is 22.6 Å². The fourth-order valence-corrected chi connectivity index (χ4v) is 8.27. The van der Waals surface area contributed by atoms with Crippen LogP contribution >= 0.6 is 11.6 Å². The summed E-state index contributed by atoms with van der Waals surface area (Å²) in [6, 6.07) is 11.5. The highest BCUT2D eigenvalue weighted by Gasteiger charge is 2.31. The second-order valence-corrected chi connectivity index (χ2v) is 15.2. The van der Waals surface area contributed by atoms with Crippen LogP contribution in [0.4, 0.5) is 5.69 Å². The maximum absolute atomic E-state index is 13.7. The number of carbonyl (C=O) groups excluding carboxylic acids is 2. The van der Waals surface area contributed by atoms with Gasteiger partial charge in [0.1, 0.15) is 11.5 Å². The number of nitrogens with one attached hydrogen (secondary N) is 1. The van der Waals surface area contributed by atoms with E-state index in [4.69, 9.17) is 26.0 Å². The fourth-order valence-electron chi connectivity index (χ4n) is 7.96. The number of hydrogen-bond acceptors (Lipinski definition) is 8. The molecule has 0 spiro atoms. The van der Waals surface area contributed by atoms with E-state index in [-0.39, 0.29) is 17.7 Å². The molecule has 280 valence electrons. The molecule has 3 aliphatic rings. The monoisotopic (exact) mass is 741 g/mol. The van der Waals surface area contributed by atoms with Gasteiger partial charge in [-0.3, -0.25) is 24.2 Å². The number of rotatable bonds is 11. The van der Waals surface area contributed by atoms with Crippen molar-refractivity contribution in [1.29, 1.82) is 0 Å². The summed E-state index contributed by atoms with van der Waals surface area (Å²) in [5, 5.41) is 12.9. The van der Waals surface area contributed by atoms with Gasteiger partial charge in [0.2, 0.25) is 11.8 Å². The summed E-state index contributed by atoms with van der Waals surface area (Å²) in [6.07, 6.45) is 5.38. The molecule has 2 aromatic carbocycles. The largest absolute Gasteiger partial charge is 0.481 e. The Balaban J connectivity index is 1.01. The number of oxazole rings is 1. The average molecular weight is 742 g/mol. The van der Waals surface area contributed by atoms with Crippen molar-refractivity contribution in [2.45, 2.75) is 72.0 Å². The van der Waals surface area contributed by atoms with E-state index in [0.29, 0.717) is 65.8 Å². The fraction of sp³-hybridized carbons (Fsp3) is 0.475. The van der Waals surface area contributed by atoms with E-state index in [0.717, 1.165) is 91.9 Å².